The first-order valence-corrected chi connectivity index (χ1v) is 12.7. The second-order valence-electron chi connectivity index (χ2n) is 7.84. The fraction of sp³-hybridized carbons (Fsp3) is 0.739. The molecule has 1 aromatic rings. The molecule has 0 aliphatic rings. The predicted molar refractivity (Wildman–Crippen MR) is 126 cm³/mol. The van der Waals surface area contributed by atoms with E-state index in [9.17, 15) is 13.0 Å². The number of rotatable bonds is 14. The summed E-state index contributed by atoms with van der Waals surface area (Å²) in [5, 5.41) is 0. The van der Waals surface area contributed by atoms with Crippen LogP contribution < -0.4 is 0 Å². The molecule has 166 valence electrons. The van der Waals surface area contributed by atoms with Crippen molar-refractivity contribution in [2.45, 2.75) is 84.8 Å². The summed E-state index contributed by atoms with van der Waals surface area (Å²) in [5.74, 6) is -0.423. The van der Waals surface area contributed by atoms with Gasteiger partial charge in [-0.3, -0.25) is 0 Å². The van der Waals surface area contributed by atoms with Gasteiger partial charge < -0.3 is 9.04 Å². The first-order chi connectivity index (χ1) is 13.3. The third kappa shape index (κ3) is 17.5. The topological polar surface area (TPSA) is 57.2 Å². The van der Waals surface area contributed by atoms with Crippen LogP contribution in [0.2, 0.25) is 0 Å². The number of hydrogen-bond acceptors (Lipinski definition) is 3. The Morgan fingerprint density at radius 1 is 0.724 bits per heavy atom. The summed E-state index contributed by atoms with van der Waals surface area (Å²) in [6.07, 6.45) is 11.1. The molecule has 0 heterocycles. The SMILES string of the molecule is CCCC[N+](CCCC)(CCCC)CCCC.O=S(=O)([O-])Cc1ccccc1.[NaH]. The Hall–Kier alpha value is 0.0900. The molecule has 0 bridgehead atoms. The van der Waals surface area contributed by atoms with E-state index in [1.54, 1.807) is 30.3 Å². The van der Waals surface area contributed by atoms with Crippen LogP contribution in [-0.4, -0.2) is 73.2 Å². The van der Waals surface area contributed by atoms with Crippen LogP contribution in [-0.2, 0) is 15.9 Å². The molecular formula is C23H44NNaO3S. The molecule has 0 aromatic heterocycles. The van der Waals surface area contributed by atoms with Crippen molar-refractivity contribution in [1.82, 2.24) is 0 Å². The molecule has 0 saturated heterocycles. The molecule has 29 heavy (non-hydrogen) atoms. The Labute approximate surface area is 203 Å². The van der Waals surface area contributed by atoms with Crippen LogP contribution in [0, 0.1) is 0 Å². The van der Waals surface area contributed by atoms with Gasteiger partial charge in [-0.25, -0.2) is 8.42 Å². The Balaban J connectivity index is 0. The summed E-state index contributed by atoms with van der Waals surface area (Å²) in [5.41, 5.74) is 0.530. The van der Waals surface area contributed by atoms with Crippen LogP contribution in [0.1, 0.15) is 84.6 Å². The van der Waals surface area contributed by atoms with E-state index < -0.39 is 15.9 Å². The summed E-state index contributed by atoms with van der Waals surface area (Å²) in [4.78, 5) is 0. The molecule has 1 rings (SSSR count). The van der Waals surface area contributed by atoms with Crippen molar-refractivity contribution in [1.29, 1.82) is 0 Å². The van der Waals surface area contributed by atoms with Gasteiger partial charge in [-0.15, -0.1) is 0 Å². The van der Waals surface area contributed by atoms with Gasteiger partial charge in [0, 0.05) is 0 Å². The summed E-state index contributed by atoms with van der Waals surface area (Å²) in [7, 11) is -4.13. The van der Waals surface area contributed by atoms with Gasteiger partial charge in [-0.1, -0.05) is 83.7 Å². The van der Waals surface area contributed by atoms with E-state index in [2.05, 4.69) is 27.7 Å². The van der Waals surface area contributed by atoms with Crippen LogP contribution in [0.5, 0.6) is 0 Å². The molecule has 0 unspecified atom stereocenters. The maximum atomic E-state index is 10.2. The fourth-order valence-electron chi connectivity index (χ4n) is 3.42. The fourth-order valence-corrected chi connectivity index (χ4v) is 4.02. The van der Waals surface area contributed by atoms with Crippen molar-refractivity contribution in [3.8, 4) is 0 Å². The van der Waals surface area contributed by atoms with Crippen LogP contribution in [0.4, 0.5) is 0 Å². The molecule has 0 N–H and O–H groups in total. The summed E-state index contributed by atoms with van der Waals surface area (Å²) in [6, 6.07) is 8.37. The van der Waals surface area contributed by atoms with Gasteiger partial charge in [0.15, 0.2) is 0 Å². The van der Waals surface area contributed by atoms with E-state index in [4.69, 9.17) is 0 Å². The zero-order valence-electron chi connectivity index (χ0n) is 18.7. The Bertz CT molecular complexity index is 542. The number of hydrogen-bond donors (Lipinski definition) is 0. The molecule has 0 radical (unpaired) electrons. The van der Waals surface area contributed by atoms with Crippen molar-refractivity contribution >= 4 is 39.7 Å². The third-order valence-electron chi connectivity index (χ3n) is 5.13. The first-order valence-electron chi connectivity index (χ1n) is 11.1. The van der Waals surface area contributed by atoms with E-state index >= 15 is 0 Å². The maximum absolute atomic E-state index is 10.2. The van der Waals surface area contributed by atoms with E-state index in [1.165, 1.54) is 82.0 Å². The molecular weight excluding hydrogens is 393 g/mol. The predicted octanol–water partition coefficient (Wildman–Crippen LogP) is 5.09. The zero-order valence-corrected chi connectivity index (χ0v) is 19.5. The normalized spacial score (nSPS) is 11.3. The molecule has 6 heteroatoms. The third-order valence-corrected chi connectivity index (χ3v) is 5.82. The Kier molecular flexibility index (Phi) is 20.3. The van der Waals surface area contributed by atoms with Crippen LogP contribution in [0.25, 0.3) is 0 Å². The van der Waals surface area contributed by atoms with Gasteiger partial charge in [-0.2, -0.15) is 0 Å². The second kappa shape index (κ2) is 18.8. The van der Waals surface area contributed by atoms with Gasteiger partial charge in [0.05, 0.1) is 42.1 Å². The molecule has 0 fully saturated rings. The quantitative estimate of drug-likeness (QED) is 0.231. The number of unbranched alkanes of at least 4 members (excludes halogenated alkanes) is 4. The van der Waals surface area contributed by atoms with E-state index in [-0.39, 0.29) is 29.6 Å². The van der Waals surface area contributed by atoms with Crippen LogP contribution >= 0.6 is 0 Å². The average Bonchev–Trinajstić information content (AvgIpc) is 2.67. The number of quaternary nitrogens is 1. The van der Waals surface area contributed by atoms with E-state index in [0.29, 0.717) is 5.56 Å². The average molecular weight is 438 g/mol. The van der Waals surface area contributed by atoms with Gasteiger partial charge in [0.25, 0.3) is 0 Å². The minimum atomic E-state index is -4.13. The van der Waals surface area contributed by atoms with Crippen molar-refractivity contribution < 1.29 is 17.5 Å². The first kappa shape index (κ1) is 31.3. The standard InChI is InChI=1S/C16H36N.C7H8O3S.Na.H/c1-5-9-13-17(14-10-6-2,15-11-7-3)16-12-8-4;8-11(9,10)6-7-4-2-1-3-5-7;;/h5-16H2,1-4H3;1-5H,6H2,(H,8,9,10);;/q+1;;;/p-1. The second-order valence-corrected chi connectivity index (χ2v) is 9.24. The van der Waals surface area contributed by atoms with Crippen LogP contribution in [0.15, 0.2) is 30.3 Å². The van der Waals surface area contributed by atoms with Gasteiger partial charge >= 0.3 is 29.6 Å². The number of nitrogens with zero attached hydrogens (tertiary/aromatic N) is 1. The summed E-state index contributed by atoms with van der Waals surface area (Å²) in [6.45, 7) is 15.0. The van der Waals surface area contributed by atoms with Gasteiger partial charge in [0.2, 0.25) is 0 Å². The van der Waals surface area contributed by atoms with Crippen molar-refractivity contribution in [2.75, 3.05) is 26.2 Å². The van der Waals surface area contributed by atoms with Gasteiger partial charge in [-0.05, 0) is 31.2 Å². The molecule has 0 amide bonds. The van der Waals surface area contributed by atoms with Crippen LogP contribution in [0.3, 0.4) is 0 Å². The molecule has 0 aliphatic carbocycles. The van der Waals surface area contributed by atoms with Gasteiger partial charge in [0.1, 0.15) is 0 Å². The number of benzene rings is 1. The summed E-state index contributed by atoms with van der Waals surface area (Å²) < 4.78 is 32.2. The van der Waals surface area contributed by atoms with E-state index in [0.717, 1.165) is 0 Å². The zero-order chi connectivity index (χ0) is 21.3. The molecule has 1 aromatic carbocycles. The van der Waals surface area contributed by atoms with E-state index in [1.807, 2.05) is 0 Å². The van der Waals surface area contributed by atoms with Crippen molar-refractivity contribution in [3.05, 3.63) is 35.9 Å². The Morgan fingerprint density at radius 2 is 1.07 bits per heavy atom. The molecule has 0 atom stereocenters. The van der Waals surface area contributed by atoms with Crippen molar-refractivity contribution in [2.24, 2.45) is 0 Å². The monoisotopic (exact) mass is 437 g/mol. The molecule has 0 aliphatic heterocycles. The minimum absolute atomic E-state index is 0. The molecule has 0 saturated carbocycles. The molecule has 0 spiro atoms. The molecule has 4 nitrogen and oxygen atoms in total. The van der Waals surface area contributed by atoms with Crippen molar-refractivity contribution in [3.63, 3.8) is 0 Å². The Morgan fingerprint density at radius 3 is 1.34 bits per heavy atom. The summed E-state index contributed by atoms with van der Waals surface area (Å²) >= 11 is 0.